The van der Waals surface area contributed by atoms with Crippen LogP contribution in [-0.2, 0) is 0 Å². The number of hydrogen-bond acceptors (Lipinski definition) is 2. The number of fused-ring (bicyclic) bond motifs is 1. The van der Waals surface area contributed by atoms with Crippen LogP contribution in [0.15, 0.2) is 38.3 Å². The Hall–Kier alpha value is -0.580. The Labute approximate surface area is 84.5 Å². The van der Waals surface area contributed by atoms with Crippen molar-refractivity contribution in [2.75, 3.05) is 0 Å². The van der Waals surface area contributed by atoms with Gasteiger partial charge in [-0.1, -0.05) is 0 Å². The lowest BCUT2D eigenvalue weighted by Crippen LogP contribution is -2.33. The van der Waals surface area contributed by atoms with E-state index in [0.29, 0.717) is 0 Å². The average molecular weight is 270 g/mol. The largest absolute Gasteiger partial charge is 0.285 e. The van der Waals surface area contributed by atoms with Crippen LogP contribution in [0.4, 0.5) is 0 Å². The topological polar surface area (TPSA) is 15.6 Å². The fourth-order valence-electron chi connectivity index (χ4n) is 1.38. The number of nitrogens with zero attached hydrogens (tertiary/aromatic N) is 2. The van der Waals surface area contributed by atoms with E-state index in [0.717, 1.165) is 5.84 Å². The first-order valence-corrected chi connectivity index (χ1v) is 5.08. The molecule has 0 atom stereocenters. The zero-order valence-corrected chi connectivity index (χ0v) is 8.58. The van der Waals surface area contributed by atoms with Crippen molar-refractivity contribution in [2.45, 2.75) is 12.8 Å². The Morgan fingerprint density at radius 3 is 2.92 bits per heavy atom. The highest BCUT2D eigenvalue weighted by Gasteiger charge is 2.30. The molecule has 0 aromatic heterocycles. The molecule has 0 spiro atoms. The lowest BCUT2D eigenvalue weighted by molar-refractivity contribution is 0.612. The average Bonchev–Trinajstić information content (AvgIpc) is 2.80. The molecule has 1 aliphatic carbocycles. The maximum Gasteiger partial charge on any atom is 0.140 e. The van der Waals surface area contributed by atoms with Gasteiger partial charge in [0.2, 0.25) is 0 Å². The van der Waals surface area contributed by atoms with Gasteiger partial charge in [0.05, 0.1) is 0 Å². The zero-order valence-electron chi connectivity index (χ0n) is 6.42. The molecule has 12 heavy (non-hydrogen) atoms. The summed E-state index contributed by atoms with van der Waals surface area (Å²) in [6, 6.07) is 0. The normalized spacial score (nSPS) is 24.6. The highest BCUT2D eigenvalue weighted by Crippen LogP contribution is 2.39. The Bertz CT molecular complexity index is 368. The van der Waals surface area contributed by atoms with Gasteiger partial charge < -0.3 is 0 Å². The molecule has 2 aliphatic heterocycles. The number of allylic oxidation sites excluding steroid dienone is 3. The highest BCUT2D eigenvalue weighted by molar-refractivity contribution is 14.1. The third-order valence-electron chi connectivity index (χ3n) is 2.16. The van der Waals surface area contributed by atoms with E-state index in [1.807, 2.05) is 0 Å². The van der Waals surface area contributed by atoms with Gasteiger partial charge in [-0.15, -0.1) is 0 Å². The second-order valence-electron chi connectivity index (χ2n) is 3.11. The van der Waals surface area contributed by atoms with Crippen LogP contribution >= 0.6 is 22.6 Å². The second kappa shape index (κ2) is 2.22. The number of rotatable bonds is 0. The molecule has 0 unspecified atom stereocenters. The Kier molecular flexibility index (Phi) is 1.27. The molecule has 2 heterocycles. The van der Waals surface area contributed by atoms with E-state index in [4.69, 9.17) is 0 Å². The highest BCUT2D eigenvalue weighted by atomic mass is 127. The van der Waals surface area contributed by atoms with Gasteiger partial charge in [0.15, 0.2) is 0 Å². The fraction of sp³-hybridized carbons (Fsp3) is 0.222. The molecular weight excluding hydrogens is 263 g/mol. The molecule has 2 nitrogen and oxygen atoms in total. The van der Waals surface area contributed by atoms with Crippen LogP contribution in [0.2, 0.25) is 0 Å². The van der Waals surface area contributed by atoms with Crippen molar-refractivity contribution in [2.24, 2.45) is 4.99 Å². The van der Waals surface area contributed by atoms with Crippen molar-refractivity contribution < 1.29 is 0 Å². The molecule has 60 valence electrons. The standard InChI is InChI=1S/C9H7IN2/c10-7-3-4-8-11-9(6-1-2-6)12(8)5-7/h3-5H,1-2H2. The monoisotopic (exact) mass is 270 g/mol. The molecule has 3 rings (SSSR count). The number of hydrogen-bond donors (Lipinski definition) is 0. The molecule has 0 amide bonds. The first-order valence-electron chi connectivity index (χ1n) is 4.00. The molecule has 0 saturated heterocycles. The van der Waals surface area contributed by atoms with Gasteiger partial charge in [-0.05, 0) is 53.2 Å². The molecular formula is C9H7IN2. The third kappa shape index (κ3) is 0.888. The Morgan fingerprint density at radius 1 is 1.33 bits per heavy atom. The van der Waals surface area contributed by atoms with E-state index in [1.165, 1.54) is 27.8 Å². The van der Waals surface area contributed by atoms with Crippen LogP contribution < -0.4 is 0 Å². The summed E-state index contributed by atoms with van der Waals surface area (Å²) in [4.78, 5) is 6.61. The zero-order chi connectivity index (χ0) is 8.13. The predicted molar refractivity (Wildman–Crippen MR) is 56.8 cm³/mol. The predicted octanol–water partition coefficient (Wildman–Crippen LogP) is 2.55. The quantitative estimate of drug-likeness (QED) is 0.618. The minimum atomic E-state index is 1.09. The smallest absolute Gasteiger partial charge is 0.140 e. The molecule has 1 fully saturated rings. The van der Waals surface area contributed by atoms with Gasteiger partial charge in [0, 0.05) is 9.78 Å². The van der Waals surface area contributed by atoms with Crippen molar-refractivity contribution >= 4 is 28.4 Å². The van der Waals surface area contributed by atoms with Crippen LogP contribution in [0, 0.1) is 0 Å². The van der Waals surface area contributed by atoms with Crippen LogP contribution in [0.1, 0.15) is 12.8 Å². The van der Waals surface area contributed by atoms with Gasteiger partial charge in [0.25, 0.3) is 0 Å². The summed E-state index contributed by atoms with van der Waals surface area (Å²) in [5.74, 6) is 2.29. The summed E-state index contributed by atoms with van der Waals surface area (Å²) < 4.78 is 1.27. The summed E-state index contributed by atoms with van der Waals surface area (Å²) in [7, 11) is 0. The lowest BCUT2D eigenvalue weighted by Gasteiger charge is -2.31. The first kappa shape index (κ1) is 6.88. The van der Waals surface area contributed by atoms with Gasteiger partial charge in [0.1, 0.15) is 11.7 Å². The molecule has 1 saturated carbocycles. The van der Waals surface area contributed by atoms with Crippen molar-refractivity contribution in [1.82, 2.24) is 4.90 Å². The summed E-state index contributed by atoms with van der Waals surface area (Å²) in [5, 5.41) is 0. The molecule has 0 aromatic rings. The van der Waals surface area contributed by atoms with Crippen LogP contribution in [0.25, 0.3) is 0 Å². The van der Waals surface area contributed by atoms with E-state index in [9.17, 15) is 0 Å². The minimum Gasteiger partial charge on any atom is -0.285 e. The minimum absolute atomic E-state index is 1.09. The van der Waals surface area contributed by atoms with Crippen molar-refractivity contribution in [3.8, 4) is 0 Å². The summed E-state index contributed by atoms with van der Waals surface area (Å²) in [6.45, 7) is 0. The summed E-state index contributed by atoms with van der Waals surface area (Å²) in [6.07, 6.45) is 8.79. The number of amidine groups is 1. The maximum atomic E-state index is 4.43. The van der Waals surface area contributed by atoms with Crippen LogP contribution in [0.5, 0.6) is 0 Å². The molecule has 0 bridgehead atoms. The Morgan fingerprint density at radius 2 is 2.17 bits per heavy atom. The van der Waals surface area contributed by atoms with E-state index in [1.54, 1.807) is 0 Å². The van der Waals surface area contributed by atoms with Gasteiger partial charge in [-0.2, -0.15) is 0 Å². The maximum absolute atomic E-state index is 4.43. The van der Waals surface area contributed by atoms with E-state index in [-0.39, 0.29) is 0 Å². The number of aliphatic imine (C=N–C) groups is 1. The van der Waals surface area contributed by atoms with E-state index >= 15 is 0 Å². The van der Waals surface area contributed by atoms with Crippen molar-refractivity contribution in [1.29, 1.82) is 0 Å². The Balaban J connectivity index is 2.05. The van der Waals surface area contributed by atoms with Gasteiger partial charge in [-0.25, -0.2) is 4.99 Å². The van der Waals surface area contributed by atoms with Crippen molar-refractivity contribution in [3.05, 3.63) is 33.3 Å². The fourth-order valence-corrected chi connectivity index (χ4v) is 1.84. The molecule has 0 radical (unpaired) electrons. The van der Waals surface area contributed by atoms with E-state index < -0.39 is 0 Å². The molecule has 0 N–H and O–H groups in total. The summed E-state index contributed by atoms with van der Waals surface area (Å²) >= 11 is 2.32. The third-order valence-corrected chi connectivity index (χ3v) is 2.79. The van der Waals surface area contributed by atoms with E-state index in [2.05, 4.69) is 50.8 Å². The lowest BCUT2D eigenvalue weighted by atomic mass is 10.2. The van der Waals surface area contributed by atoms with Crippen LogP contribution in [0.3, 0.4) is 0 Å². The molecule has 3 aliphatic rings. The van der Waals surface area contributed by atoms with Crippen LogP contribution in [-0.4, -0.2) is 10.7 Å². The molecule has 0 aromatic carbocycles. The van der Waals surface area contributed by atoms with Crippen molar-refractivity contribution in [3.63, 3.8) is 0 Å². The van der Waals surface area contributed by atoms with Gasteiger partial charge >= 0.3 is 0 Å². The molecule has 3 heteroatoms. The second-order valence-corrected chi connectivity index (χ2v) is 4.36. The van der Waals surface area contributed by atoms with Gasteiger partial charge in [-0.3, -0.25) is 4.90 Å². The summed E-state index contributed by atoms with van der Waals surface area (Å²) in [5.41, 5.74) is 1.51. The SMILES string of the molecule is IC1=CN2C(=NC2=C2CC2)C=C1. The first-order chi connectivity index (χ1) is 5.84. The number of halogens is 1.